The minimum absolute atomic E-state index is 0.0567. The molecule has 15 heavy (non-hydrogen) atoms. The van der Waals surface area contributed by atoms with Crippen molar-refractivity contribution in [2.24, 2.45) is 5.92 Å². The van der Waals surface area contributed by atoms with Gasteiger partial charge in [-0.05, 0) is 12.8 Å². The van der Waals surface area contributed by atoms with Gasteiger partial charge in [0.25, 0.3) is 0 Å². The lowest BCUT2D eigenvalue weighted by atomic mass is 10.00. The van der Waals surface area contributed by atoms with Gasteiger partial charge in [0, 0.05) is 12.3 Å². The molecule has 1 atom stereocenters. The van der Waals surface area contributed by atoms with E-state index in [0.717, 1.165) is 25.5 Å². The summed E-state index contributed by atoms with van der Waals surface area (Å²) in [5.74, 6) is -0.130. The average Bonchev–Trinajstić information content (AvgIpc) is 2.26. The highest BCUT2D eigenvalue weighted by atomic mass is 16.5. The van der Waals surface area contributed by atoms with Crippen molar-refractivity contribution in [1.29, 1.82) is 0 Å². The van der Waals surface area contributed by atoms with Gasteiger partial charge in [-0.3, -0.25) is 4.79 Å². The Morgan fingerprint density at radius 1 is 1.27 bits per heavy atom. The van der Waals surface area contributed by atoms with Crippen molar-refractivity contribution in [3.05, 3.63) is 0 Å². The summed E-state index contributed by atoms with van der Waals surface area (Å²) >= 11 is 0. The first kappa shape index (κ1) is 14.1. The van der Waals surface area contributed by atoms with Gasteiger partial charge in [0.1, 0.15) is 6.29 Å². The van der Waals surface area contributed by atoms with Crippen LogP contribution in [0.15, 0.2) is 0 Å². The van der Waals surface area contributed by atoms with Crippen LogP contribution in [-0.4, -0.2) is 18.9 Å². The lowest BCUT2D eigenvalue weighted by Gasteiger charge is -2.09. The van der Waals surface area contributed by atoms with Crippen molar-refractivity contribution < 1.29 is 14.3 Å². The van der Waals surface area contributed by atoms with Crippen LogP contribution in [0.5, 0.6) is 0 Å². The fraction of sp³-hybridized carbons (Fsp3) is 0.833. The summed E-state index contributed by atoms with van der Waals surface area (Å²) in [4.78, 5) is 21.5. The summed E-state index contributed by atoms with van der Waals surface area (Å²) in [6, 6.07) is 0. The summed E-state index contributed by atoms with van der Waals surface area (Å²) in [5, 5.41) is 0. The average molecular weight is 214 g/mol. The van der Waals surface area contributed by atoms with Crippen LogP contribution in [-0.2, 0) is 14.3 Å². The summed E-state index contributed by atoms with van der Waals surface area (Å²) in [6.45, 7) is 4.28. The normalized spacial score (nSPS) is 12.1. The molecule has 3 nitrogen and oxygen atoms in total. The first-order chi connectivity index (χ1) is 7.24. The van der Waals surface area contributed by atoms with E-state index in [4.69, 9.17) is 4.74 Å². The van der Waals surface area contributed by atoms with Crippen LogP contribution in [0.25, 0.3) is 0 Å². The lowest BCUT2D eigenvalue weighted by molar-refractivity contribution is -0.143. The zero-order valence-electron chi connectivity index (χ0n) is 9.83. The molecule has 0 bridgehead atoms. The van der Waals surface area contributed by atoms with Gasteiger partial charge in [0.15, 0.2) is 0 Å². The molecule has 0 spiro atoms. The molecule has 0 aliphatic rings. The van der Waals surface area contributed by atoms with Crippen molar-refractivity contribution in [1.82, 2.24) is 0 Å². The molecule has 0 aromatic rings. The highest BCUT2D eigenvalue weighted by molar-refractivity contribution is 5.68. The largest absolute Gasteiger partial charge is 0.466 e. The van der Waals surface area contributed by atoms with Crippen LogP contribution >= 0.6 is 0 Å². The Morgan fingerprint density at radius 2 is 2.00 bits per heavy atom. The van der Waals surface area contributed by atoms with Crippen LogP contribution in [0.1, 0.15) is 52.4 Å². The van der Waals surface area contributed by atoms with Crippen molar-refractivity contribution in [3.63, 3.8) is 0 Å². The fourth-order valence-corrected chi connectivity index (χ4v) is 1.36. The fourth-order valence-electron chi connectivity index (χ4n) is 1.36. The Labute approximate surface area is 92.2 Å². The molecule has 0 N–H and O–H groups in total. The quantitative estimate of drug-likeness (QED) is 0.337. The predicted molar refractivity (Wildman–Crippen MR) is 59.6 cm³/mol. The molecule has 0 aliphatic heterocycles. The maximum absolute atomic E-state index is 10.8. The third-order valence-electron chi connectivity index (χ3n) is 2.41. The van der Waals surface area contributed by atoms with Gasteiger partial charge in [-0.15, -0.1) is 0 Å². The number of carbonyl (C=O) groups excluding carboxylic acids is 2. The van der Waals surface area contributed by atoms with Crippen LogP contribution in [0, 0.1) is 5.92 Å². The van der Waals surface area contributed by atoms with Crippen molar-refractivity contribution >= 4 is 12.3 Å². The van der Waals surface area contributed by atoms with E-state index >= 15 is 0 Å². The minimum Gasteiger partial charge on any atom is -0.466 e. The second-order valence-corrected chi connectivity index (χ2v) is 3.75. The number of hydrogen-bond acceptors (Lipinski definition) is 3. The second kappa shape index (κ2) is 9.69. The molecule has 0 aromatic heterocycles. The van der Waals surface area contributed by atoms with Gasteiger partial charge >= 0.3 is 5.97 Å². The number of ether oxygens (including phenoxy) is 1. The molecule has 0 amide bonds. The molecule has 0 rings (SSSR count). The smallest absolute Gasteiger partial charge is 0.305 e. The summed E-state index contributed by atoms with van der Waals surface area (Å²) in [7, 11) is 0. The number of rotatable bonds is 9. The van der Waals surface area contributed by atoms with E-state index in [9.17, 15) is 9.59 Å². The summed E-state index contributed by atoms with van der Waals surface area (Å²) in [5.41, 5.74) is 0. The Hall–Kier alpha value is -0.860. The van der Waals surface area contributed by atoms with Crippen LogP contribution in [0.3, 0.4) is 0 Å². The van der Waals surface area contributed by atoms with E-state index in [1.54, 1.807) is 6.92 Å². The lowest BCUT2D eigenvalue weighted by Crippen LogP contribution is -2.10. The third kappa shape index (κ3) is 8.16. The molecule has 0 saturated carbocycles. The van der Waals surface area contributed by atoms with Gasteiger partial charge in [-0.2, -0.15) is 0 Å². The van der Waals surface area contributed by atoms with Crippen LogP contribution < -0.4 is 0 Å². The van der Waals surface area contributed by atoms with E-state index in [2.05, 4.69) is 6.92 Å². The Bertz CT molecular complexity index is 178. The molecule has 0 radical (unpaired) electrons. The molecule has 1 unspecified atom stereocenters. The molecule has 88 valence electrons. The number of carbonyl (C=O) groups is 2. The standard InChI is InChI=1S/C12H22O3/c1-3-5-6-7-11(10-13)8-9-15-12(14)4-2/h10-11H,3-9H2,1-2H3. The number of esters is 1. The molecular weight excluding hydrogens is 192 g/mol. The third-order valence-corrected chi connectivity index (χ3v) is 2.41. The molecule has 0 aromatic carbocycles. The number of aldehydes is 1. The Morgan fingerprint density at radius 3 is 2.53 bits per heavy atom. The number of hydrogen-bond donors (Lipinski definition) is 0. The molecule has 0 saturated heterocycles. The minimum atomic E-state index is -0.187. The highest BCUT2D eigenvalue weighted by Gasteiger charge is 2.08. The van der Waals surface area contributed by atoms with Crippen LogP contribution in [0.2, 0.25) is 0 Å². The van der Waals surface area contributed by atoms with Gasteiger partial charge in [-0.25, -0.2) is 0 Å². The van der Waals surface area contributed by atoms with E-state index in [-0.39, 0.29) is 11.9 Å². The van der Waals surface area contributed by atoms with E-state index < -0.39 is 0 Å². The van der Waals surface area contributed by atoms with E-state index in [0.29, 0.717) is 19.4 Å². The van der Waals surface area contributed by atoms with Crippen LogP contribution in [0.4, 0.5) is 0 Å². The second-order valence-electron chi connectivity index (χ2n) is 3.75. The van der Waals surface area contributed by atoms with E-state index in [1.165, 1.54) is 6.42 Å². The van der Waals surface area contributed by atoms with E-state index in [1.807, 2.05) is 0 Å². The Kier molecular flexibility index (Phi) is 9.13. The van der Waals surface area contributed by atoms with Crippen molar-refractivity contribution in [2.75, 3.05) is 6.61 Å². The molecule has 0 heterocycles. The maximum atomic E-state index is 10.8. The zero-order valence-corrected chi connectivity index (χ0v) is 9.83. The highest BCUT2D eigenvalue weighted by Crippen LogP contribution is 2.11. The van der Waals surface area contributed by atoms with Crippen molar-refractivity contribution in [2.45, 2.75) is 52.4 Å². The number of unbranched alkanes of at least 4 members (excludes halogenated alkanes) is 2. The van der Waals surface area contributed by atoms with Gasteiger partial charge in [0.2, 0.25) is 0 Å². The predicted octanol–water partition coefficient (Wildman–Crippen LogP) is 2.73. The monoisotopic (exact) mass is 214 g/mol. The maximum Gasteiger partial charge on any atom is 0.305 e. The van der Waals surface area contributed by atoms with Gasteiger partial charge < -0.3 is 9.53 Å². The molecular formula is C12H22O3. The summed E-state index contributed by atoms with van der Waals surface area (Å²) in [6.07, 6.45) is 6.38. The molecule has 0 aliphatic carbocycles. The van der Waals surface area contributed by atoms with Crippen molar-refractivity contribution in [3.8, 4) is 0 Å². The van der Waals surface area contributed by atoms with Gasteiger partial charge in [0.05, 0.1) is 6.61 Å². The molecule has 0 fully saturated rings. The first-order valence-electron chi connectivity index (χ1n) is 5.85. The zero-order chi connectivity index (χ0) is 11.5. The SMILES string of the molecule is CCCCCC(C=O)CCOC(=O)CC. The first-order valence-corrected chi connectivity index (χ1v) is 5.85. The summed E-state index contributed by atoms with van der Waals surface area (Å²) < 4.78 is 4.93. The topological polar surface area (TPSA) is 43.4 Å². The Balaban J connectivity index is 3.52. The van der Waals surface area contributed by atoms with Gasteiger partial charge in [-0.1, -0.05) is 33.1 Å². The molecule has 3 heteroatoms.